The molecule has 0 bridgehead atoms. The summed E-state index contributed by atoms with van der Waals surface area (Å²) in [5.41, 5.74) is 3.57. The van der Waals surface area contributed by atoms with Crippen LogP contribution in [0.5, 0.6) is 0 Å². The number of carbonyl (C=O) groups is 1. The lowest BCUT2D eigenvalue weighted by molar-refractivity contribution is 0.0948. The van der Waals surface area contributed by atoms with Gasteiger partial charge in [-0.3, -0.25) is 9.89 Å². The van der Waals surface area contributed by atoms with Gasteiger partial charge in [0, 0.05) is 42.3 Å². The van der Waals surface area contributed by atoms with Gasteiger partial charge in [-0.15, -0.1) is 0 Å². The zero-order chi connectivity index (χ0) is 14.7. The lowest BCUT2D eigenvalue weighted by atomic mass is 10.1. The van der Waals surface area contributed by atoms with Crippen molar-refractivity contribution in [3.05, 3.63) is 51.8 Å². The molecule has 1 aromatic heterocycles. The van der Waals surface area contributed by atoms with Crippen LogP contribution in [0.1, 0.15) is 27.3 Å². The van der Waals surface area contributed by atoms with Crippen LogP contribution in [-0.2, 0) is 19.4 Å². The van der Waals surface area contributed by atoms with Crippen LogP contribution in [0.25, 0.3) is 0 Å². The molecule has 0 fully saturated rings. The number of aromatic nitrogens is 2. The van der Waals surface area contributed by atoms with E-state index in [1.807, 2.05) is 24.3 Å². The second kappa shape index (κ2) is 6.28. The predicted molar refractivity (Wildman–Crippen MR) is 81.5 cm³/mol. The summed E-state index contributed by atoms with van der Waals surface area (Å²) in [6.45, 7) is 2.15. The highest BCUT2D eigenvalue weighted by Crippen LogP contribution is 2.16. The maximum atomic E-state index is 12.2. The first-order valence-corrected chi connectivity index (χ1v) is 7.42. The number of carbonyl (C=O) groups excluding carboxylic acids is 1. The number of benzene rings is 1. The third-order valence-corrected chi connectivity index (χ3v) is 4.03. The number of hydrogen-bond acceptors (Lipinski definition) is 3. The molecule has 1 amide bonds. The monoisotopic (exact) mass is 304 g/mol. The van der Waals surface area contributed by atoms with Gasteiger partial charge < -0.3 is 10.6 Å². The topological polar surface area (TPSA) is 69.8 Å². The molecule has 0 spiro atoms. The van der Waals surface area contributed by atoms with E-state index in [9.17, 15) is 4.79 Å². The van der Waals surface area contributed by atoms with Crippen molar-refractivity contribution < 1.29 is 4.79 Å². The molecule has 110 valence electrons. The van der Waals surface area contributed by atoms with E-state index in [1.165, 1.54) is 0 Å². The number of nitrogens with zero attached hydrogens (tertiary/aromatic N) is 1. The molecule has 2 heterocycles. The van der Waals surface area contributed by atoms with E-state index in [4.69, 9.17) is 11.6 Å². The zero-order valence-electron chi connectivity index (χ0n) is 11.6. The Hall–Kier alpha value is -1.85. The van der Waals surface area contributed by atoms with Gasteiger partial charge in [-0.05, 0) is 18.1 Å². The average Bonchev–Trinajstić information content (AvgIpc) is 2.93. The number of nitrogens with one attached hydrogen (secondary N) is 3. The third-order valence-electron chi connectivity index (χ3n) is 3.66. The molecule has 3 rings (SSSR count). The molecular formula is C15H17ClN4O. The summed E-state index contributed by atoms with van der Waals surface area (Å²) in [5, 5.41) is 14.0. The number of H-pyrrole nitrogens is 1. The first-order chi connectivity index (χ1) is 10.3. The van der Waals surface area contributed by atoms with Crippen LogP contribution in [-0.4, -0.2) is 29.2 Å². The Morgan fingerprint density at radius 1 is 1.38 bits per heavy atom. The second-order valence-electron chi connectivity index (χ2n) is 5.05. The predicted octanol–water partition coefficient (Wildman–Crippen LogP) is 1.68. The van der Waals surface area contributed by atoms with Crippen LogP contribution >= 0.6 is 11.6 Å². The van der Waals surface area contributed by atoms with Crippen LogP contribution in [0.4, 0.5) is 0 Å². The molecule has 0 radical (unpaired) electrons. The molecule has 0 saturated carbocycles. The van der Waals surface area contributed by atoms with Crippen molar-refractivity contribution in [2.24, 2.45) is 0 Å². The van der Waals surface area contributed by atoms with E-state index in [0.717, 1.165) is 34.8 Å². The molecule has 1 aliphatic rings. The van der Waals surface area contributed by atoms with Crippen LogP contribution in [0.3, 0.4) is 0 Å². The van der Waals surface area contributed by atoms with Crippen LogP contribution in [0.2, 0.25) is 5.02 Å². The molecule has 0 saturated heterocycles. The standard InChI is InChI=1S/C15H17ClN4O/c16-12-4-2-1-3-10(12)5-8-18-15(21)14-11-9-17-7-6-13(11)19-20-14/h1-4,17H,5-9H2,(H,18,21)(H,19,20). The van der Waals surface area contributed by atoms with Crippen molar-refractivity contribution in [1.82, 2.24) is 20.8 Å². The molecule has 6 heteroatoms. The maximum absolute atomic E-state index is 12.2. The van der Waals surface area contributed by atoms with Crippen LogP contribution in [0.15, 0.2) is 24.3 Å². The summed E-state index contributed by atoms with van der Waals surface area (Å²) in [7, 11) is 0. The van der Waals surface area contributed by atoms with Gasteiger partial charge in [0.2, 0.25) is 0 Å². The van der Waals surface area contributed by atoms with Gasteiger partial charge in [-0.25, -0.2) is 0 Å². The molecule has 0 atom stereocenters. The Kier molecular flexibility index (Phi) is 4.22. The van der Waals surface area contributed by atoms with E-state index in [2.05, 4.69) is 20.8 Å². The molecule has 0 aliphatic carbocycles. The molecule has 5 nitrogen and oxygen atoms in total. The molecule has 2 aromatic rings. The fourth-order valence-electron chi connectivity index (χ4n) is 2.51. The number of aromatic amines is 1. The summed E-state index contributed by atoms with van der Waals surface area (Å²) in [5.74, 6) is -0.136. The van der Waals surface area contributed by atoms with Gasteiger partial charge in [0.1, 0.15) is 0 Å². The van der Waals surface area contributed by atoms with E-state index >= 15 is 0 Å². The van der Waals surface area contributed by atoms with Crippen molar-refractivity contribution in [3.8, 4) is 0 Å². The lowest BCUT2D eigenvalue weighted by Gasteiger charge is -2.12. The minimum Gasteiger partial charge on any atom is -0.350 e. The fourth-order valence-corrected chi connectivity index (χ4v) is 2.74. The summed E-state index contributed by atoms with van der Waals surface area (Å²) in [6, 6.07) is 7.66. The average molecular weight is 305 g/mol. The first kappa shape index (κ1) is 14.1. The van der Waals surface area contributed by atoms with Crippen molar-refractivity contribution in [2.45, 2.75) is 19.4 Å². The Balaban J connectivity index is 1.60. The summed E-state index contributed by atoms with van der Waals surface area (Å²) in [6.07, 6.45) is 1.59. The molecule has 21 heavy (non-hydrogen) atoms. The van der Waals surface area contributed by atoms with Crippen LogP contribution < -0.4 is 10.6 Å². The third kappa shape index (κ3) is 3.09. The highest BCUT2D eigenvalue weighted by Gasteiger charge is 2.21. The SMILES string of the molecule is O=C(NCCc1ccccc1Cl)c1n[nH]c2c1CNCC2. The minimum absolute atomic E-state index is 0.136. The van der Waals surface area contributed by atoms with Crippen molar-refractivity contribution in [2.75, 3.05) is 13.1 Å². The van der Waals surface area contributed by atoms with Gasteiger partial charge in [-0.1, -0.05) is 29.8 Å². The fraction of sp³-hybridized carbons (Fsp3) is 0.333. The molecule has 1 aromatic carbocycles. The van der Waals surface area contributed by atoms with E-state index < -0.39 is 0 Å². The molecular weight excluding hydrogens is 288 g/mol. The van der Waals surface area contributed by atoms with Gasteiger partial charge in [0.05, 0.1) is 0 Å². The van der Waals surface area contributed by atoms with Crippen molar-refractivity contribution in [3.63, 3.8) is 0 Å². The summed E-state index contributed by atoms with van der Waals surface area (Å²) < 4.78 is 0. The van der Waals surface area contributed by atoms with Gasteiger partial charge >= 0.3 is 0 Å². The number of rotatable bonds is 4. The second-order valence-corrected chi connectivity index (χ2v) is 5.46. The first-order valence-electron chi connectivity index (χ1n) is 7.04. The Labute approximate surface area is 128 Å². The highest BCUT2D eigenvalue weighted by atomic mass is 35.5. The Morgan fingerprint density at radius 3 is 3.10 bits per heavy atom. The minimum atomic E-state index is -0.136. The number of amides is 1. The number of halogens is 1. The zero-order valence-corrected chi connectivity index (χ0v) is 12.3. The molecule has 3 N–H and O–H groups in total. The quantitative estimate of drug-likeness (QED) is 0.805. The summed E-state index contributed by atoms with van der Waals surface area (Å²) >= 11 is 6.10. The molecule has 1 aliphatic heterocycles. The molecule has 0 unspecified atom stereocenters. The normalized spacial score (nSPS) is 13.8. The van der Waals surface area contributed by atoms with E-state index in [-0.39, 0.29) is 5.91 Å². The van der Waals surface area contributed by atoms with Crippen molar-refractivity contribution in [1.29, 1.82) is 0 Å². The largest absolute Gasteiger partial charge is 0.350 e. The van der Waals surface area contributed by atoms with Crippen LogP contribution in [0, 0.1) is 0 Å². The van der Waals surface area contributed by atoms with E-state index in [0.29, 0.717) is 25.2 Å². The van der Waals surface area contributed by atoms with Gasteiger partial charge in [0.15, 0.2) is 5.69 Å². The van der Waals surface area contributed by atoms with Crippen molar-refractivity contribution >= 4 is 17.5 Å². The highest BCUT2D eigenvalue weighted by molar-refractivity contribution is 6.31. The summed E-state index contributed by atoms with van der Waals surface area (Å²) in [4.78, 5) is 12.2. The Morgan fingerprint density at radius 2 is 2.24 bits per heavy atom. The van der Waals surface area contributed by atoms with E-state index in [1.54, 1.807) is 0 Å². The maximum Gasteiger partial charge on any atom is 0.272 e. The Bertz CT molecular complexity index is 653. The number of fused-ring (bicyclic) bond motifs is 1. The smallest absolute Gasteiger partial charge is 0.272 e. The number of hydrogen-bond donors (Lipinski definition) is 3. The van der Waals surface area contributed by atoms with Gasteiger partial charge in [0.25, 0.3) is 5.91 Å². The van der Waals surface area contributed by atoms with Gasteiger partial charge in [-0.2, -0.15) is 5.10 Å². The lowest BCUT2D eigenvalue weighted by Crippen LogP contribution is -2.29.